The second kappa shape index (κ2) is 9.14. The molecule has 0 aliphatic carbocycles. The van der Waals surface area contributed by atoms with Gasteiger partial charge in [-0.3, -0.25) is 9.59 Å². The first-order valence-corrected chi connectivity index (χ1v) is 7.19. The number of aliphatic carboxylic acids is 1. The first kappa shape index (κ1) is 19.8. The number of carboxylic acids is 1. The molecule has 2 rings (SSSR count). The maximum absolute atomic E-state index is 12.2. The number of benzene rings is 1. The first-order chi connectivity index (χ1) is 11.0. The lowest BCUT2D eigenvalue weighted by molar-refractivity contribution is -0.142. The summed E-state index contributed by atoms with van der Waals surface area (Å²) in [7, 11) is 3.73. The van der Waals surface area contributed by atoms with Crippen LogP contribution in [0.1, 0.15) is 5.56 Å². The second-order valence-electron chi connectivity index (χ2n) is 5.40. The fourth-order valence-electron chi connectivity index (χ4n) is 2.04. The molecule has 1 N–H and O–H groups in total. The van der Waals surface area contributed by atoms with Crippen molar-refractivity contribution in [2.75, 3.05) is 40.5 Å². The summed E-state index contributed by atoms with van der Waals surface area (Å²) in [6.45, 7) is 0.816. The Labute approximate surface area is 146 Å². The molecule has 1 aromatic rings. The zero-order valence-corrected chi connectivity index (χ0v) is 14.4. The minimum absolute atomic E-state index is 0. The summed E-state index contributed by atoms with van der Waals surface area (Å²) in [6, 6.07) is 5.35. The van der Waals surface area contributed by atoms with Crippen molar-refractivity contribution in [1.29, 1.82) is 0 Å². The summed E-state index contributed by atoms with van der Waals surface area (Å²) >= 11 is 0. The van der Waals surface area contributed by atoms with Gasteiger partial charge in [0.2, 0.25) is 12.7 Å². The molecular weight excluding hydrogens is 336 g/mol. The van der Waals surface area contributed by atoms with Crippen molar-refractivity contribution < 1.29 is 24.2 Å². The fraction of sp³-hybridized carbons (Fsp3) is 0.375. The molecule has 0 saturated carbocycles. The summed E-state index contributed by atoms with van der Waals surface area (Å²) in [5.41, 5.74) is 0.783. The van der Waals surface area contributed by atoms with Crippen LogP contribution in [0, 0.1) is 0 Å². The van der Waals surface area contributed by atoms with E-state index >= 15 is 0 Å². The van der Waals surface area contributed by atoms with E-state index in [1.807, 2.05) is 19.0 Å². The van der Waals surface area contributed by atoms with Gasteiger partial charge in [-0.2, -0.15) is 0 Å². The number of rotatable bonds is 7. The molecule has 0 atom stereocenters. The van der Waals surface area contributed by atoms with Gasteiger partial charge in [-0.15, -0.1) is 12.4 Å². The SMILES string of the molecule is CN(C)CCN(CC(=O)O)C(=O)C=Cc1ccc2c(c1)OCO2.Cl. The number of likely N-dealkylation sites (N-methyl/N-ethyl adjacent to an activating group) is 1. The van der Waals surface area contributed by atoms with Crippen LogP contribution in [0.5, 0.6) is 11.5 Å². The second-order valence-corrected chi connectivity index (χ2v) is 5.40. The van der Waals surface area contributed by atoms with Crippen LogP contribution in [-0.2, 0) is 9.59 Å². The maximum Gasteiger partial charge on any atom is 0.323 e. The average molecular weight is 357 g/mol. The van der Waals surface area contributed by atoms with Crippen LogP contribution in [0.3, 0.4) is 0 Å². The zero-order valence-electron chi connectivity index (χ0n) is 13.6. The molecule has 0 saturated heterocycles. The summed E-state index contributed by atoms with van der Waals surface area (Å²) in [4.78, 5) is 26.3. The summed E-state index contributed by atoms with van der Waals surface area (Å²) in [5, 5.41) is 8.93. The summed E-state index contributed by atoms with van der Waals surface area (Å²) < 4.78 is 10.5. The highest BCUT2D eigenvalue weighted by Crippen LogP contribution is 2.32. The van der Waals surface area contributed by atoms with Crippen molar-refractivity contribution >= 4 is 30.4 Å². The number of halogens is 1. The Bertz CT molecular complexity index is 618. The van der Waals surface area contributed by atoms with E-state index in [1.54, 1.807) is 24.3 Å². The number of carbonyl (C=O) groups is 2. The van der Waals surface area contributed by atoms with Gasteiger partial charge in [-0.25, -0.2) is 0 Å². The Kier molecular flexibility index (Phi) is 7.54. The molecule has 8 heteroatoms. The number of hydrogen-bond acceptors (Lipinski definition) is 5. The minimum Gasteiger partial charge on any atom is -0.480 e. The van der Waals surface area contributed by atoms with E-state index in [0.29, 0.717) is 24.6 Å². The highest BCUT2D eigenvalue weighted by molar-refractivity contribution is 5.93. The number of ether oxygens (including phenoxy) is 2. The van der Waals surface area contributed by atoms with E-state index in [9.17, 15) is 9.59 Å². The molecule has 0 radical (unpaired) electrons. The number of nitrogens with zero attached hydrogens (tertiary/aromatic N) is 2. The molecule has 1 aromatic carbocycles. The van der Waals surface area contributed by atoms with Gasteiger partial charge in [0.1, 0.15) is 6.54 Å². The lowest BCUT2D eigenvalue weighted by Gasteiger charge is -2.21. The van der Waals surface area contributed by atoms with Crippen LogP contribution >= 0.6 is 12.4 Å². The van der Waals surface area contributed by atoms with Gasteiger partial charge in [0.15, 0.2) is 11.5 Å². The molecule has 7 nitrogen and oxygen atoms in total. The molecule has 1 heterocycles. The van der Waals surface area contributed by atoms with Crippen LogP contribution in [0.2, 0.25) is 0 Å². The van der Waals surface area contributed by atoms with Crippen LogP contribution in [0.15, 0.2) is 24.3 Å². The fourth-order valence-corrected chi connectivity index (χ4v) is 2.04. The molecule has 0 unspecified atom stereocenters. The van der Waals surface area contributed by atoms with Gasteiger partial charge >= 0.3 is 5.97 Å². The number of fused-ring (bicyclic) bond motifs is 1. The quantitative estimate of drug-likeness (QED) is 0.742. The molecule has 0 aromatic heterocycles. The topological polar surface area (TPSA) is 79.3 Å². The Morgan fingerprint density at radius 1 is 1.21 bits per heavy atom. The van der Waals surface area contributed by atoms with Gasteiger partial charge in [0.05, 0.1) is 0 Å². The van der Waals surface area contributed by atoms with Gasteiger partial charge in [-0.05, 0) is 37.9 Å². The van der Waals surface area contributed by atoms with E-state index in [4.69, 9.17) is 14.6 Å². The van der Waals surface area contributed by atoms with Crippen LogP contribution in [0.4, 0.5) is 0 Å². The summed E-state index contributed by atoms with van der Waals surface area (Å²) in [5.74, 6) is -0.0675. The highest BCUT2D eigenvalue weighted by atomic mass is 35.5. The van der Waals surface area contributed by atoms with E-state index in [1.165, 1.54) is 11.0 Å². The minimum atomic E-state index is -1.03. The van der Waals surface area contributed by atoms with Gasteiger partial charge in [-0.1, -0.05) is 6.07 Å². The first-order valence-electron chi connectivity index (χ1n) is 7.19. The lowest BCUT2D eigenvalue weighted by atomic mass is 10.2. The lowest BCUT2D eigenvalue weighted by Crippen LogP contribution is -2.39. The molecule has 0 spiro atoms. The molecule has 1 amide bonds. The van der Waals surface area contributed by atoms with Gasteiger partial charge in [0.25, 0.3) is 0 Å². The van der Waals surface area contributed by atoms with Crippen molar-refractivity contribution in [3.63, 3.8) is 0 Å². The smallest absolute Gasteiger partial charge is 0.323 e. The number of hydrogen-bond donors (Lipinski definition) is 1. The molecule has 0 bridgehead atoms. The third-order valence-corrected chi connectivity index (χ3v) is 3.27. The number of carbonyl (C=O) groups excluding carboxylic acids is 1. The van der Waals surface area contributed by atoms with E-state index < -0.39 is 5.97 Å². The summed E-state index contributed by atoms with van der Waals surface area (Å²) in [6.07, 6.45) is 3.00. The molecule has 1 aliphatic heterocycles. The monoisotopic (exact) mass is 356 g/mol. The van der Waals surface area contributed by atoms with E-state index in [-0.39, 0.29) is 31.7 Å². The van der Waals surface area contributed by atoms with Crippen LogP contribution in [0.25, 0.3) is 6.08 Å². The molecule has 0 fully saturated rings. The third-order valence-electron chi connectivity index (χ3n) is 3.27. The highest BCUT2D eigenvalue weighted by Gasteiger charge is 2.15. The third kappa shape index (κ3) is 5.75. The van der Waals surface area contributed by atoms with E-state index in [2.05, 4.69) is 0 Å². The Balaban J connectivity index is 0.00000288. The largest absolute Gasteiger partial charge is 0.480 e. The predicted octanol–water partition coefficient (Wildman–Crippen LogP) is 1.33. The van der Waals surface area contributed by atoms with Crippen molar-refractivity contribution in [2.45, 2.75) is 0 Å². The molecule has 1 aliphatic rings. The maximum atomic E-state index is 12.2. The molecular formula is C16H21ClN2O5. The van der Waals surface area contributed by atoms with Crippen molar-refractivity contribution in [2.24, 2.45) is 0 Å². The number of amides is 1. The average Bonchev–Trinajstić information content (AvgIpc) is 2.96. The Hall–Kier alpha value is -2.25. The normalized spacial score (nSPS) is 12.3. The molecule has 24 heavy (non-hydrogen) atoms. The van der Waals surface area contributed by atoms with Gasteiger partial charge < -0.3 is 24.4 Å². The zero-order chi connectivity index (χ0) is 16.8. The molecule has 132 valence electrons. The Morgan fingerprint density at radius 3 is 2.58 bits per heavy atom. The van der Waals surface area contributed by atoms with Crippen molar-refractivity contribution in [1.82, 2.24) is 9.80 Å². The van der Waals surface area contributed by atoms with Crippen LogP contribution in [-0.4, -0.2) is 67.3 Å². The number of carboxylic acid groups (broad SMARTS) is 1. The standard InChI is InChI=1S/C16H20N2O5.ClH/c1-17(2)7-8-18(10-16(20)21)15(19)6-4-12-3-5-13-14(9-12)23-11-22-13;/h3-6,9H,7-8,10-11H2,1-2H3,(H,20,21);1H. The van der Waals surface area contributed by atoms with Gasteiger partial charge in [0, 0.05) is 19.2 Å². The van der Waals surface area contributed by atoms with Crippen LogP contribution < -0.4 is 9.47 Å². The van der Waals surface area contributed by atoms with E-state index in [0.717, 1.165) is 5.56 Å². The predicted molar refractivity (Wildman–Crippen MR) is 91.6 cm³/mol. The van der Waals surface area contributed by atoms with Crippen molar-refractivity contribution in [3.05, 3.63) is 29.8 Å². The Morgan fingerprint density at radius 2 is 1.92 bits per heavy atom. The van der Waals surface area contributed by atoms with Crippen molar-refractivity contribution in [3.8, 4) is 11.5 Å².